The number of carbonyl (C=O) groups excluding carboxylic acids is 1. The quantitative estimate of drug-likeness (QED) is 0.648. The first-order valence-corrected chi connectivity index (χ1v) is 5.35. The van der Waals surface area contributed by atoms with Gasteiger partial charge in [-0.1, -0.05) is 5.16 Å². The molecular weight excluding hydrogens is 222 g/mol. The van der Waals surface area contributed by atoms with Gasteiger partial charge in [0.25, 0.3) is 0 Å². The van der Waals surface area contributed by atoms with Crippen LogP contribution in [-0.2, 0) is 9.57 Å². The summed E-state index contributed by atoms with van der Waals surface area (Å²) >= 11 is 0. The van der Waals surface area contributed by atoms with Gasteiger partial charge in [-0.15, -0.1) is 0 Å². The van der Waals surface area contributed by atoms with Crippen molar-refractivity contribution in [2.75, 3.05) is 20.2 Å². The summed E-state index contributed by atoms with van der Waals surface area (Å²) in [4.78, 5) is 17.9. The van der Waals surface area contributed by atoms with Crippen LogP contribution < -0.4 is 0 Å². The topological polar surface area (TPSA) is 74.9 Å². The van der Waals surface area contributed by atoms with Gasteiger partial charge in [0.1, 0.15) is 18.6 Å². The van der Waals surface area contributed by atoms with E-state index in [-0.39, 0.29) is 6.54 Å². The Morgan fingerprint density at radius 2 is 2.24 bits per heavy atom. The zero-order chi connectivity index (χ0) is 13.1. The highest BCUT2D eigenvalue weighted by atomic mass is 16.6. The summed E-state index contributed by atoms with van der Waals surface area (Å²) in [6, 6.07) is 2.09. The molecule has 1 saturated heterocycles. The second-order valence-electron chi connectivity index (χ2n) is 4.81. The summed E-state index contributed by atoms with van der Waals surface area (Å²) in [7, 11) is 1.41. The van der Waals surface area contributed by atoms with E-state index in [1.807, 2.05) is 0 Å². The number of rotatable bonds is 1. The second-order valence-corrected chi connectivity index (χ2v) is 4.81. The zero-order valence-electron chi connectivity index (χ0n) is 10.6. The lowest BCUT2D eigenvalue weighted by atomic mass is 10.1. The van der Waals surface area contributed by atoms with Gasteiger partial charge >= 0.3 is 6.09 Å². The average molecular weight is 239 g/mol. The Labute approximate surface area is 101 Å². The Hall–Kier alpha value is -1.77. The van der Waals surface area contributed by atoms with E-state index < -0.39 is 17.6 Å². The molecule has 1 amide bonds. The van der Waals surface area contributed by atoms with Crippen LogP contribution in [0.3, 0.4) is 0 Å². The smallest absolute Gasteiger partial charge is 0.410 e. The third-order valence-corrected chi connectivity index (χ3v) is 2.17. The number of likely N-dealkylation sites (tertiary alicyclic amines) is 1. The molecule has 0 N–H and O–H groups in total. The van der Waals surface area contributed by atoms with Crippen LogP contribution in [0.1, 0.15) is 20.8 Å². The minimum atomic E-state index is -0.541. The Balaban J connectivity index is 2.68. The standard InChI is InChI=1S/C11H17N3O3/c1-11(2,3)17-10(15)14-6-8(5-12)9(7-14)13-16-4/h8H,6-7H2,1-4H3/b13-9+. The van der Waals surface area contributed by atoms with E-state index in [0.717, 1.165) is 0 Å². The molecule has 94 valence electrons. The lowest BCUT2D eigenvalue weighted by Crippen LogP contribution is -2.35. The van der Waals surface area contributed by atoms with E-state index in [2.05, 4.69) is 16.1 Å². The summed E-state index contributed by atoms with van der Waals surface area (Å²) in [6.45, 7) is 5.97. The minimum absolute atomic E-state index is 0.279. The molecule has 6 heteroatoms. The molecule has 0 aromatic carbocycles. The monoisotopic (exact) mass is 239 g/mol. The van der Waals surface area contributed by atoms with Crippen molar-refractivity contribution in [1.82, 2.24) is 4.90 Å². The van der Waals surface area contributed by atoms with Gasteiger partial charge in [-0.3, -0.25) is 0 Å². The van der Waals surface area contributed by atoms with Gasteiger partial charge in [0, 0.05) is 6.54 Å². The molecule has 0 spiro atoms. The van der Waals surface area contributed by atoms with Gasteiger partial charge < -0.3 is 14.5 Å². The molecule has 1 fully saturated rings. The fourth-order valence-electron chi connectivity index (χ4n) is 1.49. The van der Waals surface area contributed by atoms with Crippen LogP contribution in [0.2, 0.25) is 0 Å². The normalized spacial score (nSPS) is 22.4. The summed E-state index contributed by atoms with van der Waals surface area (Å²) in [5.41, 5.74) is 0.0151. The second kappa shape index (κ2) is 5.04. The molecule has 1 aliphatic rings. The van der Waals surface area contributed by atoms with Crippen LogP contribution in [0.15, 0.2) is 5.16 Å². The van der Waals surface area contributed by atoms with Crippen molar-refractivity contribution >= 4 is 11.8 Å². The van der Waals surface area contributed by atoms with Crippen LogP contribution in [0, 0.1) is 17.2 Å². The van der Waals surface area contributed by atoms with Gasteiger partial charge in [-0.25, -0.2) is 4.79 Å². The molecule has 1 heterocycles. The van der Waals surface area contributed by atoms with E-state index in [1.165, 1.54) is 12.0 Å². The lowest BCUT2D eigenvalue weighted by Gasteiger charge is -2.23. The summed E-state index contributed by atoms with van der Waals surface area (Å²) < 4.78 is 5.22. The average Bonchev–Trinajstić information content (AvgIpc) is 2.59. The van der Waals surface area contributed by atoms with Gasteiger partial charge in [-0.2, -0.15) is 5.26 Å². The highest BCUT2D eigenvalue weighted by molar-refractivity contribution is 5.95. The van der Waals surface area contributed by atoms with E-state index >= 15 is 0 Å². The van der Waals surface area contributed by atoms with Gasteiger partial charge in [0.05, 0.1) is 18.3 Å². The van der Waals surface area contributed by atoms with Gasteiger partial charge in [0.15, 0.2) is 0 Å². The Kier molecular flexibility index (Phi) is 3.94. The van der Waals surface area contributed by atoms with Crippen LogP contribution in [-0.4, -0.2) is 42.5 Å². The van der Waals surface area contributed by atoms with Crippen molar-refractivity contribution in [2.45, 2.75) is 26.4 Å². The van der Waals surface area contributed by atoms with Crippen molar-refractivity contribution in [3.63, 3.8) is 0 Å². The number of hydrogen-bond acceptors (Lipinski definition) is 5. The molecule has 1 unspecified atom stereocenters. The largest absolute Gasteiger partial charge is 0.444 e. The number of oxime groups is 1. The molecule has 6 nitrogen and oxygen atoms in total. The molecule has 17 heavy (non-hydrogen) atoms. The third-order valence-electron chi connectivity index (χ3n) is 2.17. The van der Waals surface area contributed by atoms with Crippen molar-refractivity contribution in [3.05, 3.63) is 0 Å². The van der Waals surface area contributed by atoms with Crippen LogP contribution in [0.4, 0.5) is 4.79 Å². The summed E-state index contributed by atoms with van der Waals surface area (Å²) in [5.74, 6) is -0.414. The van der Waals surface area contributed by atoms with E-state index in [1.54, 1.807) is 20.8 Å². The molecule has 0 aliphatic carbocycles. The molecule has 1 aliphatic heterocycles. The summed E-state index contributed by atoms with van der Waals surface area (Å²) in [6.07, 6.45) is -0.431. The fourth-order valence-corrected chi connectivity index (χ4v) is 1.49. The van der Waals surface area contributed by atoms with Crippen LogP contribution >= 0.6 is 0 Å². The molecule has 0 aromatic rings. The van der Waals surface area contributed by atoms with Crippen molar-refractivity contribution < 1.29 is 14.4 Å². The SMILES string of the molecule is CO/N=C1\CN(C(=O)OC(C)(C)C)CC1C#N. The zero-order valence-corrected chi connectivity index (χ0v) is 10.6. The first kappa shape index (κ1) is 13.3. The fraction of sp³-hybridized carbons (Fsp3) is 0.727. The van der Waals surface area contributed by atoms with E-state index in [0.29, 0.717) is 12.3 Å². The number of carbonyl (C=O) groups is 1. The Bertz CT molecular complexity index is 365. The number of amides is 1. The maximum atomic E-state index is 11.8. The van der Waals surface area contributed by atoms with Gasteiger partial charge in [0.2, 0.25) is 0 Å². The van der Waals surface area contributed by atoms with E-state index in [9.17, 15) is 4.79 Å². The van der Waals surface area contributed by atoms with Crippen LogP contribution in [0.25, 0.3) is 0 Å². The number of nitrogens with zero attached hydrogens (tertiary/aromatic N) is 3. The minimum Gasteiger partial charge on any atom is -0.444 e. The molecule has 0 radical (unpaired) electrons. The van der Waals surface area contributed by atoms with Crippen molar-refractivity contribution in [2.24, 2.45) is 11.1 Å². The highest BCUT2D eigenvalue weighted by Crippen LogP contribution is 2.17. The maximum absolute atomic E-state index is 11.8. The van der Waals surface area contributed by atoms with E-state index in [4.69, 9.17) is 10.00 Å². The predicted octanol–water partition coefficient (Wildman–Crippen LogP) is 1.38. The number of hydrogen-bond donors (Lipinski definition) is 0. The number of ether oxygens (including phenoxy) is 1. The van der Waals surface area contributed by atoms with Crippen molar-refractivity contribution in [1.29, 1.82) is 5.26 Å². The van der Waals surface area contributed by atoms with Crippen LogP contribution in [0.5, 0.6) is 0 Å². The number of nitriles is 1. The first-order valence-electron chi connectivity index (χ1n) is 5.35. The van der Waals surface area contributed by atoms with Gasteiger partial charge in [-0.05, 0) is 20.8 Å². The first-order chi connectivity index (χ1) is 7.87. The highest BCUT2D eigenvalue weighted by Gasteiger charge is 2.34. The molecule has 0 bridgehead atoms. The molecule has 0 aromatic heterocycles. The molecule has 1 atom stereocenters. The third kappa shape index (κ3) is 3.63. The van der Waals surface area contributed by atoms with Crippen molar-refractivity contribution in [3.8, 4) is 6.07 Å². The maximum Gasteiger partial charge on any atom is 0.410 e. The Morgan fingerprint density at radius 3 is 2.71 bits per heavy atom. The molecule has 1 rings (SSSR count). The lowest BCUT2D eigenvalue weighted by molar-refractivity contribution is 0.0296. The molecular formula is C11H17N3O3. The Morgan fingerprint density at radius 1 is 1.59 bits per heavy atom. The molecule has 0 saturated carbocycles. The summed E-state index contributed by atoms with van der Waals surface area (Å²) in [5, 5.41) is 12.7. The predicted molar refractivity (Wildman–Crippen MR) is 61.4 cm³/mol.